The van der Waals surface area contributed by atoms with Crippen LogP contribution in [0.25, 0.3) is 10.9 Å². The van der Waals surface area contributed by atoms with Crippen LogP contribution in [0.3, 0.4) is 0 Å². The van der Waals surface area contributed by atoms with E-state index in [1.807, 2.05) is 18.2 Å². The lowest BCUT2D eigenvalue weighted by Crippen LogP contribution is -2.56. The molecule has 130 valence electrons. The molecule has 0 radical (unpaired) electrons. The predicted molar refractivity (Wildman–Crippen MR) is 102 cm³/mol. The van der Waals surface area contributed by atoms with Gasteiger partial charge in [0, 0.05) is 16.1 Å². The maximum Gasteiger partial charge on any atom is 0.278 e. The van der Waals surface area contributed by atoms with Gasteiger partial charge in [-0.2, -0.15) is 0 Å². The van der Waals surface area contributed by atoms with Crippen LogP contribution < -0.4 is 15.4 Å². The molecule has 1 aliphatic heterocycles. The number of amides is 2. The first-order valence-electron chi connectivity index (χ1n) is 7.93. The molecule has 2 heterocycles. The van der Waals surface area contributed by atoms with E-state index in [4.69, 9.17) is 4.74 Å². The van der Waals surface area contributed by atoms with Crippen LogP contribution in [0.15, 0.2) is 59.2 Å². The number of anilines is 2. The highest BCUT2D eigenvalue weighted by Gasteiger charge is 2.47. The average Bonchev–Trinajstić information content (AvgIpc) is 2.65. The number of pyridine rings is 1. The Hall–Kier alpha value is -2.93. The summed E-state index contributed by atoms with van der Waals surface area (Å²) in [4.78, 5) is 29.7. The Morgan fingerprint density at radius 2 is 2.00 bits per heavy atom. The smallest absolute Gasteiger partial charge is 0.278 e. The maximum atomic E-state index is 12.9. The molecule has 0 bridgehead atoms. The van der Waals surface area contributed by atoms with Crippen LogP contribution in [0.1, 0.15) is 6.92 Å². The van der Waals surface area contributed by atoms with E-state index < -0.39 is 17.4 Å². The Morgan fingerprint density at radius 3 is 2.85 bits per heavy atom. The summed E-state index contributed by atoms with van der Waals surface area (Å²) in [6, 6.07) is 14.2. The van der Waals surface area contributed by atoms with Crippen molar-refractivity contribution in [3.05, 3.63) is 59.2 Å². The minimum absolute atomic E-state index is 0.448. The number of nitrogens with one attached hydrogen (secondary N) is 2. The quantitative estimate of drug-likeness (QED) is 0.629. The first-order valence-corrected chi connectivity index (χ1v) is 8.72. The first kappa shape index (κ1) is 16.5. The average molecular weight is 412 g/mol. The van der Waals surface area contributed by atoms with Gasteiger partial charge in [-0.1, -0.05) is 34.1 Å². The molecule has 7 heteroatoms. The van der Waals surface area contributed by atoms with E-state index in [0.29, 0.717) is 22.6 Å². The fraction of sp³-hybridized carbons (Fsp3) is 0.105. The van der Waals surface area contributed by atoms with Crippen molar-refractivity contribution in [1.29, 1.82) is 0 Å². The minimum atomic E-state index is -1.69. The summed E-state index contributed by atoms with van der Waals surface area (Å²) in [5.74, 6) is -0.648. The zero-order valence-electron chi connectivity index (χ0n) is 13.7. The van der Waals surface area contributed by atoms with Gasteiger partial charge in [0.05, 0.1) is 16.9 Å². The normalized spacial score (nSPS) is 18.6. The van der Waals surface area contributed by atoms with Gasteiger partial charge in [-0.3, -0.25) is 14.6 Å². The monoisotopic (exact) mass is 411 g/mol. The zero-order valence-corrected chi connectivity index (χ0v) is 15.3. The SMILES string of the molecule is CC1(C(=O)Nc2ccc(Br)c3cccnc23)Oc2ccccc2NC1=O. The summed E-state index contributed by atoms with van der Waals surface area (Å²) in [6.45, 7) is 1.45. The van der Waals surface area contributed by atoms with Gasteiger partial charge in [-0.15, -0.1) is 0 Å². The summed E-state index contributed by atoms with van der Waals surface area (Å²) in [7, 11) is 0. The number of fused-ring (bicyclic) bond motifs is 2. The van der Waals surface area contributed by atoms with Crippen molar-refractivity contribution in [2.75, 3.05) is 10.6 Å². The van der Waals surface area contributed by atoms with Gasteiger partial charge in [0.15, 0.2) is 0 Å². The molecule has 1 aliphatic rings. The number of para-hydroxylation sites is 2. The minimum Gasteiger partial charge on any atom is -0.466 e. The molecule has 4 rings (SSSR count). The van der Waals surface area contributed by atoms with Crippen LogP contribution >= 0.6 is 15.9 Å². The van der Waals surface area contributed by atoms with Gasteiger partial charge >= 0.3 is 0 Å². The molecule has 0 saturated heterocycles. The highest BCUT2D eigenvalue weighted by Crippen LogP contribution is 2.34. The second-order valence-electron chi connectivity index (χ2n) is 6.03. The Labute approximate surface area is 157 Å². The molecule has 0 saturated carbocycles. The van der Waals surface area contributed by atoms with Crippen molar-refractivity contribution in [3.8, 4) is 5.75 Å². The van der Waals surface area contributed by atoms with E-state index in [-0.39, 0.29) is 0 Å². The summed E-state index contributed by atoms with van der Waals surface area (Å²) < 4.78 is 6.61. The van der Waals surface area contributed by atoms with E-state index in [9.17, 15) is 9.59 Å². The van der Waals surface area contributed by atoms with Gasteiger partial charge in [0.2, 0.25) is 0 Å². The van der Waals surface area contributed by atoms with Crippen molar-refractivity contribution in [2.24, 2.45) is 0 Å². The Balaban J connectivity index is 1.69. The lowest BCUT2D eigenvalue weighted by Gasteiger charge is -2.33. The largest absolute Gasteiger partial charge is 0.466 e. The number of halogens is 1. The molecule has 6 nitrogen and oxygen atoms in total. The molecule has 2 amide bonds. The van der Waals surface area contributed by atoms with E-state index in [1.165, 1.54) is 6.92 Å². The van der Waals surface area contributed by atoms with E-state index in [2.05, 4.69) is 31.5 Å². The van der Waals surface area contributed by atoms with Crippen LogP contribution in [-0.2, 0) is 9.59 Å². The molecule has 0 fully saturated rings. The van der Waals surface area contributed by atoms with E-state index in [1.54, 1.807) is 36.5 Å². The fourth-order valence-corrected chi connectivity index (χ4v) is 3.25. The van der Waals surface area contributed by atoms with Crippen molar-refractivity contribution in [1.82, 2.24) is 4.98 Å². The molecule has 2 aromatic carbocycles. The van der Waals surface area contributed by atoms with Crippen molar-refractivity contribution < 1.29 is 14.3 Å². The lowest BCUT2D eigenvalue weighted by atomic mass is 10.0. The predicted octanol–water partition coefficient (Wildman–Crippen LogP) is 3.73. The summed E-state index contributed by atoms with van der Waals surface area (Å²) in [6.07, 6.45) is 1.65. The number of benzene rings is 2. The molecule has 26 heavy (non-hydrogen) atoms. The molecule has 1 unspecified atom stereocenters. The van der Waals surface area contributed by atoms with Crippen LogP contribution in [-0.4, -0.2) is 22.4 Å². The molecular weight excluding hydrogens is 398 g/mol. The van der Waals surface area contributed by atoms with Crippen molar-refractivity contribution >= 4 is 50.0 Å². The number of carbonyl (C=O) groups is 2. The van der Waals surface area contributed by atoms with Gasteiger partial charge < -0.3 is 15.4 Å². The zero-order chi connectivity index (χ0) is 18.3. The first-order chi connectivity index (χ1) is 12.5. The van der Waals surface area contributed by atoms with Gasteiger partial charge in [-0.05, 0) is 37.3 Å². The molecule has 2 N–H and O–H groups in total. The van der Waals surface area contributed by atoms with Gasteiger partial charge in [0.1, 0.15) is 5.75 Å². The second-order valence-corrected chi connectivity index (χ2v) is 6.89. The standard InChI is InChI=1S/C19H14BrN3O3/c1-19(17(24)22-13-6-2-3-7-15(13)26-19)18(25)23-14-9-8-12(20)11-5-4-10-21-16(11)14/h2-10H,1H3,(H,22,24)(H,23,25). The molecule has 0 spiro atoms. The fourth-order valence-electron chi connectivity index (χ4n) is 2.80. The lowest BCUT2D eigenvalue weighted by molar-refractivity contribution is -0.143. The second kappa shape index (κ2) is 6.10. The van der Waals surface area contributed by atoms with E-state index in [0.717, 1.165) is 9.86 Å². The number of hydrogen-bond donors (Lipinski definition) is 2. The van der Waals surface area contributed by atoms with Crippen LogP contribution in [0.5, 0.6) is 5.75 Å². The third kappa shape index (κ3) is 2.61. The number of aromatic nitrogens is 1. The van der Waals surface area contributed by atoms with Gasteiger partial charge in [0.25, 0.3) is 17.4 Å². The molecule has 1 atom stereocenters. The van der Waals surface area contributed by atoms with E-state index >= 15 is 0 Å². The van der Waals surface area contributed by atoms with Crippen LogP contribution in [0.4, 0.5) is 11.4 Å². The Bertz CT molecular complexity index is 1050. The Kier molecular flexibility index (Phi) is 3.88. The van der Waals surface area contributed by atoms with Gasteiger partial charge in [-0.25, -0.2) is 0 Å². The number of hydrogen-bond acceptors (Lipinski definition) is 4. The highest BCUT2D eigenvalue weighted by molar-refractivity contribution is 9.10. The van der Waals surface area contributed by atoms with Crippen LogP contribution in [0, 0.1) is 0 Å². The highest BCUT2D eigenvalue weighted by atomic mass is 79.9. The number of carbonyl (C=O) groups excluding carboxylic acids is 2. The molecular formula is C19H14BrN3O3. The topological polar surface area (TPSA) is 80.3 Å². The van der Waals surface area contributed by atoms with Crippen LogP contribution in [0.2, 0.25) is 0 Å². The third-order valence-electron chi connectivity index (χ3n) is 4.28. The Morgan fingerprint density at radius 1 is 1.19 bits per heavy atom. The number of rotatable bonds is 2. The summed E-state index contributed by atoms with van der Waals surface area (Å²) in [5.41, 5.74) is -0.0260. The summed E-state index contributed by atoms with van der Waals surface area (Å²) >= 11 is 3.47. The molecule has 3 aromatic rings. The van der Waals surface area contributed by atoms with Crippen molar-refractivity contribution in [3.63, 3.8) is 0 Å². The summed E-state index contributed by atoms with van der Waals surface area (Å²) in [5, 5.41) is 6.35. The molecule has 0 aliphatic carbocycles. The van der Waals surface area contributed by atoms with Crippen molar-refractivity contribution in [2.45, 2.75) is 12.5 Å². The number of nitrogens with zero attached hydrogens (tertiary/aromatic N) is 1. The maximum absolute atomic E-state index is 12.9. The third-order valence-corrected chi connectivity index (χ3v) is 4.97. The number of ether oxygens (including phenoxy) is 1. The molecule has 1 aromatic heterocycles.